The summed E-state index contributed by atoms with van der Waals surface area (Å²) in [7, 11) is 0. The molecule has 0 saturated heterocycles. The minimum absolute atomic E-state index is 0. The Bertz CT molecular complexity index is 619. The Kier molecular flexibility index (Phi) is 12.5. The first-order valence-electron chi connectivity index (χ1n) is 9.44. The van der Waals surface area contributed by atoms with E-state index in [-0.39, 0.29) is 30.1 Å². The third-order valence-electron chi connectivity index (χ3n) is 4.00. The Labute approximate surface area is 179 Å². The summed E-state index contributed by atoms with van der Waals surface area (Å²) in [5.41, 5.74) is 1.22. The molecule has 2 N–H and O–H groups in total. The van der Waals surface area contributed by atoms with Crippen LogP contribution >= 0.6 is 24.0 Å². The Hall–Kier alpha value is -1.61. The highest BCUT2D eigenvalue weighted by Crippen LogP contribution is 2.15. The van der Waals surface area contributed by atoms with E-state index in [0.29, 0.717) is 0 Å². The van der Waals surface area contributed by atoms with Gasteiger partial charge in [-0.2, -0.15) is 0 Å². The Balaban J connectivity index is 0.00000364. The number of nitrogens with zero attached hydrogens (tertiary/aromatic N) is 3. The number of nitrogens with one attached hydrogen (secondary N) is 2. The normalized spacial score (nSPS) is 12.3. The van der Waals surface area contributed by atoms with E-state index in [1.54, 1.807) is 6.20 Å². The van der Waals surface area contributed by atoms with Gasteiger partial charge in [0.15, 0.2) is 5.96 Å². The third kappa shape index (κ3) is 9.76. The lowest BCUT2D eigenvalue weighted by Crippen LogP contribution is -2.38. The Morgan fingerprint density at radius 1 is 1.22 bits per heavy atom. The zero-order valence-electron chi connectivity index (χ0n) is 16.3. The summed E-state index contributed by atoms with van der Waals surface area (Å²) in [6, 6.07) is 10.3. The van der Waals surface area contributed by atoms with E-state index >= 15 is 0 Å². The van der Waals surface area contributed by atoms with Crippen LogP contribution in [0.2, 0.25) is 0 Å². The topological polar surface area (TPSA) is 63.5 Å². The smallest absolute Gasteiger partial charge is 0.191 e. The predicted octanol–water partition coefficient (Wildman–Crippen LogP) is 3.61. The molecule has 0 spiro atoms. The number of aryl methyl sites for hydroxylation is 1. The van der Waals surface area contributed by atoms with Gasteiger partial charge in [-0.15, -0.1) is 24.0 Å². The Morgan fingerprint density at radius 3 is 2.74 bits per heavy atom. The van der Waals surface area contributed by atoms with Crippen LogP contribution in [0.3, 0.4) is 0 Å². The number of benzene rings is 1. The van der Waals surface area contributed by atoms with Crippen molar-refractivity contribution >= 4 is 29.9 Å². The number of aliphatic imine (C=N–C) groups is 1. The van der Waals surface area contributed by atoms with Gasteiger partial charge in [0.25, 0.3) is 0 Å². The molecule has 2 rings (SSSR count). The number of ether oxygens (including phenoxy) is 1. The van der Waals surface area contributed by atoms with E-state index in [9.17, 15) is 0 Å². The van der Waals surface area contributed by atoms with Crippen molar-refractivity contribution in [3.05, 3.63) is 54.6 Å². The summed E-state index contributed by atoms with van der Waals surface area (Å²) < 4.78 is 7.97. The van der Waals surface area contributed by atoms with Crippen molar-refractivity contribution in [1.29, 1.82) is 0 Å². The van der Waals surface area contributed by atoms with Crippen LogP contribution in [-0.4, -0.2) is 41.8 Å². The van der Waals surface area contributed by atoms with E-state index in [4.69, 9.17) is 4.74 Å². The second-order valence-electron chi connectivity index (χ2n) is 6.12. The highest BCUT2D eigenvalue weighted by atomic mass is 127. The van der Waals surface area contributed by atoms with Gasteiger partial charge in [-0.25, -0.2) is 4.98 Å². The monoisotopic (exact) mass is 485 g/mol. The number of hydrogen-bond donors (Lipinski definition) is 2. The fourth-order valence-electron chi connectivity index (χ4n) is 2.56. The summed E-state index contributed by atoms with van der Waals surface area (Å²) in [5.74, 6) is 0.870. The summed E-state index contributed by atoms with van der Waals surface area (Å²) >= 11 is 0. The molecular weight excluding hydrogens is 453 g/mol. The molecule has 1 atom stereocenters. The van der Waals surface area contributed by atoms with Gasteiger partial charge in [-0.05, 0) is 32.3 Å². The second kappa shape index (κ2) is 14.4. The minimum atomic E-state index is 0. The maximum atomic E-state index is 5.90. The summed E-state index contributed by atoms with van der Waals surface area (Å²) in [5, 5.41) is 6.65. The Morgan fingerprint density at radius 2 is 2.04 bits per heavy atom. The van der Waals surface area contributed by atoms with Gasteiger partial charge in [0.1, 0.15) is 0 Å². The highest BCUT2D eigenvalue weighted by Gasteiger charge is 2.04. The van der Waals surface area contributed by atoms with Crippen LogP contribution in [0.25, 0.3) is 0 Å². The molecule has 0 aliphatic carbocycles. The van der Waals surface area contributed by atoms with Crippen LogP contribution in [0.5, 0.6) is 0 Å². The average molecular weight is 485 g/mol. The lowest BCUT2D eigenvalue weighted by Gasteiger charge is -2.14. The number of rotatable bonds is 11. The fraction of sp³-hybridized carbons (Fsp3) is 0.500. The molecule has 0 aliphatic rings. The first-order chi connectivity index (χ1) is 12.8. The standard InChI is InChI=1S/C20H31N5O.HI/c1-3-22-20(23-11-7-14-25-15-13-21-17-25)24-12-8-16-26-18(2)19-9-5-4-6-10-19;/h4-6,9-10,13,15,17-18H,3,7-8,11-12,14,16H2,1-2H3,(H2,22,23,24);1H. The molecule has 0 fully saturated rings. The van der Waals surface area contributed by atoms with Crippen molar-refractivity contribution in [2.45, 2.75) is 39.3 Å². The number of imidazole rings is 1. The van der Waals surface area contributed by atoms with Crippen molar-refractivity contribution in [2.75, 3.05) is 26.2 Å². The first kappa shape index (κ1) is 23.4. The molecule has 0 radical (unpaired) electrons. The van der Waals surface area contributed by atoms with Gasteiger partial charge in [0.05, 0.1) is 12.4 Å². The van der Waals surface area contributed by atoms with Gasteiger partial charge in [-0.3, -0.25) is 4.99 Å². The van der Waals surface area contributed by atoms with E-state index < -0.39 is 0 Å². The average Bonchev–Trinajstić information content (AvgIpc) is 3.19. The van der Waals surface area contributed by atoms with E-state index in [2.05, 4.69) is 51.2 Å². The van der Waals surface area contributed by atoms with Crippen molar-refractivity contribution in [2.24, 2.45) is 4.99 Å². The molecule has 27 heavy (non-hydrogen) atoms. The summed E-state index contributed by atoms with van der Waals surface area (Å²) in [6.07, 6.45) is 7.67. The molecule has 0 amide bonds. The SMILES string of the molecule is CCNC(=NCCCn1ccnc1)NCCCOC(C)c1ccccc1.I. The number of aromatic nitrogens is 2. The maximum Gasteiger partial charge on any atom is 0.191 e. The van der Waals surface area contributed by atoms with Crippen molar-refractivity contribution in [3.63, 3.8) is 0 Å². The molecule has 1 heterocycles. The molecule has 7 heteroatoms. The van der Waals surface area contributed by atoms with Gasteiger partial charge < -0.3 is 19.9 Å². The molecule has 1 aromatic heterocycles. The van der Waals surface area contributed by atoms with Crippen molar-refractivity contribution in [3.8, 4) is 0 Å². The van der Waals surface area contributed by atoms with E-state index in [0.717, 1.165) is 51.6 Å². The van der Waals surface area contributed by atoms with Crippen molar-refractivity contribution in [1.82, 2.24) is 20.2 Å². The largest absolute Gasteiger partial charge is 0.374 e. The van der Waals surface area contributed by atoms with Gasteiger partial charge >= 0.3 is 0 Å². The minimum Gasteiger partial charge on any atom is -0.374 e. The van der Waals surface area contributed by atoms with Crippen LogP contribution in [0, 0.1) is 0 Å². The number of halogens is 1. The van der Waals surface area contributed by atoms with E-state index in [1.165, 1.54) is 5.56 Å². The maximum absolute atomic E-state index is 5.90. The molecule has 1 unspecified atom stereocenters. The number of hydrogen-bond acceptors (Lipinski definition) is 3. The third-order valence-corrected chi connectivity index (χ3v) is 4.00. The zero-order valence-corrected chi connectivity index (χ0v) is 18.6. The lowest BCUT2D eigenvalue weighted by atomic mass is 10.1. The first-order valence-corrected chi connectivity index (χ1v) is 9.44. The summed E-state index contributed by atoms with van der Waals surface area (Å²) in [4.78, 5) is 8.66. The lowest BCUT2D eigenvalue weighted by molar-refractivity contribution is 0.0646. The molecule has 0 aliphatic heterocycles. The molecule has 6 nitrogen and oxygen atoms in total. The molecular formula is C20H32IN5O. The molecule has 1 aromatic carbocycles. The van der Waals surface area contributed by atoms with Gasteiger partial charge in [0, 0.05) is 45.2 Å². The molecule has 0 bridgehead atoms. The van der Waals surface area contributed by atoms with Crippen LogP contribution in [0.4, 0.5) is 0 Å². The van der Waals surface area contributed by atoms with Crippen LogP contribution in [-0.2, 0) is 11.3 Å². The quantitative estimate of drug-likeness (QED) is 0.221. The van der Waals surface area contributed by atoms with E-state index in [1.807, 2.05) is 30.7 Å². The van der Waals surface area contributed by atoms with Crippen molar-refractivity contribution < 1.29 is 4.74 Å². The van der Waals surface area contributed by atoms with Gasteiger partial charge in [0.2, 0.25) is 0 Å². The predicted molar refractivity (Wildman–Crippen MR) is 122 cm³/mol. The number of guanidine groups is 1. The van der Waals surface area contributed by atoms with Crippen LogP contribution in [0.1, 0.15) is 38.4 Å². The second-order valence-corrected chi connectivity index (χ2v) is 6.12. The van der Waals surface area contributed by atoms with Gasteiger partial charge in [-0.1, -0.05) is 30.3 Å². The molecule has 150 valence electrons. The molecule has 0 saturated carbocycles. The summed E-state index contributed by atoms with van der Waals surface area (Å²) in [6.45, 7) is 8.32. The zero-order chi connectivity index (χ0) is 18.5. The fourth-order valence-corrected chi connectivity index (χ4v) is 2.56. The molecule has 2 aromatic rings. The van der Waals surface area contributed by atoms with Crippen LogP contribution in [0.15, 0.2) is 54.0 Å². The van der Waals surface area contributed by atoms with Crippen LogP contribution < -0.4 is 10.6 Å². The highest BCUT2D eigenvalue weighted by molar-refractivity contribution is 14.0.